The van der Waals surface area contributed by atoms with E-state index < -0.39 is 11.4 Å². The molecule has 3 unspecified atom stereocenters. The molecule has 0 spiro atoms. The standard InChI is InChI=1S/C22H28BrN3O2S/c1-25(2)29(28)19-14-17(13-18(23)15-19)22(27)24-21(16-9-5-4-6-10-16)20-11-7-8-12-26(20)3/h4-6,9-10,13-15,20-21H,7-8,11-12H2,1-3H3,(H,24,27). The Bertz CT molecular complexity index is 834. The number of carbonyl (C=O) groups excluding carboxylic acids is 1. The van der Waals surface area contributed by atoms with Gasteiger partial charge < -0.3 is 14.8 Å². The second-order valence-corrected chi connectivity index (χ2v) is 10.3. The lowest BCUT2D eigenvalue weighted by atomic mass is 9.91. The normalized spacial score (nSPS) is 19.7. The third-order valence-electron chi connectivity index (χ3n) is 5.32. The van der Waals surface area contributed by atoms with Crippen molar-refractivity contribution in [1.82, 2.24) is 14.5 Å². The number of piperidine rings is 1. The molecule has 1 amide bonds. The Balaban J connectivity index is 1.89. The molecule has 1 saturated heterocycles. The van der Waals surface area contributed by atoms with Gasteiger partial charge in [0.1, 0.15) is 0 Å². The van der Waals surface area contributed by atoms with Gasteiger partial charge in [-0.15, -0.1) is 4.31 Å². The maximum atomic E-state index is 13.2. The summed E-state index contributed by atoms with van der Waals surface area (Å²) in [5.41, 5.74) is 1.61. The molecule has 156 valence electrons. The maximum Gasteiger partial charge on any atom is 0.252 e. The average Bonchev–Trinajstić information content (AvgIpc) is 2.72. The SMILES string of the molecule is CN1CCCCC1C(NC(=O)c1cc(Br)cc([S+]([O-])N(C)C)c1)c1ccccc1. The van der Waals surface area contributed by atoms with E-state index in [1.807, 2.05) is 18.2 Å². The summed E-state index contributed by atoms with van der Waals surface area (Å²) in [6.07, 6.45) is 3.40. The minimum absolute atomic E-state index is 0.101. The molecule has 7 heteroatoms. The summed E-state index contributed by atoms with van der Waals surface area (Å²) in [7, 11) is 5.63. The van der Waals surface area contributed by atoms with Crippen LogP contribution in [0.2, 0.25) is 0 Å². The minimum atomic E-state index is -1.32. The molecule has 0 radical (unpaired) electrons. The molecular weight excluding hydrogens is 450 g/mol. The van der Waals surface area contributed by atoms with Gasteiger partial charge in [-0.3, -0.25) is 4.79 Å². The van der Waals surface area contributed by atoms with E-state index in [1.165, 1.54) is 6.42 Å². The van der Waals surface area contributed by atoms with Crippen LogP contribution in [-0.4, -0.2) is 53.4 Å². The summed E-state index contributed by atoms with van der Waals surface area (Å²) in [6.45, 7) is 1.03. The Morgan fingerprint density at radius 2 is 1.97 bits per heavy atom. The van der Waals surface area contributed by atoms with Gasteiger partial charge in [-0.05, 0) is 38.1 Å². The number of nitrogens with zero attached hydrogens (tertiary/aromatic N) is 2. The Hall–Kier alpha value is -1.38. The number of nitrogens with one attached hydrogen (secondary N) is 1. The molecule has 1 aliphatic heterocycles. The largest absolute Gasteiger partial charge is 0.593 e. The second-order valence-electron chi connectivity index (χ2n) is 7.64. The third kappa shape index (κ3) is 5.61. The predicted octanol–water partition coefficient (Wildman–Crippen LogP) is 3.99. The number of benzene rings is 2. The van der Waals surface area contributed by atoms with Crippen molar-refractivity contribution in [3.05, 3.63) is 64.1 Å². The first-order chi connectivity index (χ1) is 13.9. The minimum Gasteiger partial charge on any atom is -0.593 e. The molecule has 2 aromatic rings. The van der Waals surface area contributed by atoms with Crippen molar-refractivity contribution in [2.24, 2.45) is 0 Å². The van der Waals surface area contributed by atoms with E-state index in [-0.39, 0.29) is 18.0 Å². The molecule has 3 rings (SSSR count). The van der Waals surface area contributed by atoms with Gasteiger partial charge in [0.2, 0.25) is 0 Å². The molecule has 2 aromatic carbocycles. The van der Waals surface area contributed by atoms with Crippen LogP contribution < -0.4 is 5.32 Å². The molecule has 3 atom stereocenters. The van der Waals surface area contributed by atoms with Crippen molar-refractivity contribution in [1.29, 1.82) is 0 Å². The fourth-order valence-corrected chi connectivity index (χ4v) is 5.34. The van der Waals surface area contributed by atoms with Crippen LogP contribution in [0.4, 0.5) is 0 Å². The highest BCUT2D eigenvalue weighted by Crippen LogP contribution is 2.29. The molecule has 0 aliphatic carbocycles. The lowest BCUT2D eigenvalue weighted by Crippen LogP contribution is -2.47. The molecule has 1 N–H and O–H groups in total. The Kier molecular flexibility index (Phi) is 7.76. The first-order valence-corrected chi connectivity index (χ1v) is 11.7. The summed E-state index contributed by atoms with van der Waals surface area (Å²) < 4.78 is 14.8. The van der Waals surface area contributed by atoms with Crippen molar-refractivity contribution in [3.8, 4) is 0 Å². The summed E-state index contributed by atoms with van der Waals surface area (Å²) in [5, 5.41) is 3.26. The highest BCUT2D eigenvalue weighted by atomic mass is 79.9. The van der Waals surface area contributed by atoms with Crippen LogP contribution in [0.5, 0.6) is 0 Å². The fraction of sp³-hybridized carbons (Fsp3) is 0.409. The number of likely N-dealkylation sites (N-methyl/N-ethyl adjacent to an activating group) is 1. The Labute approximate surface area is 184 Å². The number of rotatable bonds is 6. The molecule has 29 heavy (non-hydrogen) atoms. The number of carbonyl (C=O) groups is 1. The number of halogens is 1. The van der Waals surface area contributed by atoms with Crippen LogP contribution >= 0.6 is 15.9 Å². The quantitative estimate of drug-likeness (QED) is 0.638. The molecule has 0 bridgehead atoms. The van der Waals surface area contributed by atoms with Crippen LogP contribution in [0.15, 0.2) is 57.9 Å². The summed E-state index contributed by atoms with van der Waals surface area (Å²) >= 11 is 2.14. The van der Waals surface area contributed by atoms with Gasteiger partial charge in [-0.1, -0.05) is 52.7 Å². The first kappa shape index (κ1) is 22.3. The van der Waals surface area contributed by atoms with Crippen LogP contribution in [0.1, 0.15) is 41.2 Å². The topological polar surface area (TPSA) is 58.6 Å². The van der Waals surface area contributed by atoms with Gasteiger partial charge >= 0.3 is 0 Å². The third-order valence-corrected chi connectivity index (χ3v) is 7.08. The Morgan fingerprint density at radius 1 is 1.24 bits per heavy atom. The molecule has 0 saturated carbocycles. The molecule has 1 aliphatic rings. The highest BCUT2D eigenvalue weighted by Gasteiger charge is 2.30. The van der Waals surface area contributed by atoms with Crippen molar-refractivity contribution < 1.29 is 9.35 Å². The van der Waals surface area contributed by atoms with E-state index in [1.54, 1.807) is 36.6 Å². The smallest absolute Gasteiger partial charge is 0.252 e. The van der Waals surface area contributed by atoms with E-state index >= 15 is 0 Å². The van der Waals surface area contributed by atoms with Gasteiger partial charge in [0.25, 0.3) is 5.91 Å². The fourth-order valence-electron chi connectivity index (χ4n) is 3.81. The van der Waals surface area contributed by atoms with Crippen LogP contribution in [-0.2, 0) is 11.4 Å². The van der Waals surface area contributed by atoms with Crippen molar-refractivity contribution in [3.63, 3.8) is 0 Å². The maximum absolute atomic E-state index is 13.2. The van der Waals surface area contributed by atoms with E-state index in [0.717, 1.165) is 29.4 Å². The molecule has 1 heterocycles. The van der Waals surface area contributed by atoms with Gasteiger partial charge in [-0.25, -0.2) is 0 Å². The lowest BCUT2D eigenvalue weighted by Gasteiger charge is -2.38. The zero-order valence-corrected chi connectivity index (χ0v) is 19.5. The van der Waals surface area contributed by atoms with Crippen LogP contribution in [0, 0.1) is 0 Å². The molecule has 5 nitrogen and oxygen atoms in total. The first-order valence-electron chi connectivity index (χ1n) is 9.82. The summed E-state index contributed by atoms with van der Waals surface area (Å²) in [6, 6.07) is 15.6. The summed E-state index contributed by atoms with van der Waals surface area (Å²) in [4.78, 5) is 16.2. The molecular formula is C22H28BrN3O2S. The van der Waals surface area contributed by atoms with Gasteiger partial charge in [0.05, 0.1) is 17.4 Å². The van der Waals surface area contributed by atoms with Gasteiger partial charge in [0, 0.05) is 42.3 Å². The monoisotopic (exact) mass is 477 g/mol. The van der Waals surface area contributed by atoms with Crippen LogP contribution in [0.3, 0.4) is 0 Å². The van der Waals surface area contributed by atoms with Crippen molar-refractivity contribution >= 4 is 33.2 Å². The number of amides is 1. The molecule has 0 aromatic heterocycles. The Morgan fingerprint density at radius 3 is 2.62 bits per heavy atom. The number of hydrogen-bond donors (Lipinski definition) is 1. The second kappa shape index (κ2) is 10.1. The van der Waals surface area contributed by atoms with Crippen molar-refractivity contribution in [2.75, 3.05) is 27.7 Å². The number of likely N-dealkylation sites (tertiary alicyclic amines) is 1. The zero-order valence-electron chi connectivity index (χ0n) is 17.1. The van der Waals surface area contributed by atoms with E-state index in [4.69, 9.17) is 0 Å². The van der Waals surface area contributed by atoms with E-state index in [2.05, 4.69) is 45.3 Å². The number of hydrogen-bond acceptors (Lipinski definition) is 4. The average molecular weight is 478 g/mol. The zero-order chi connectivity index (χ0) is 21.0. The molecule has 1 fully saturated rings. The van der Waals surface area contributed by atoms with E-state index in [0.29, 0.717) is 10.5 Å². The summed E-state index contributed by atoms with van der Waals surface area (Å²) in [5.74, 6) is -0.156. The predicted molar refractivity (Wildman–Crippen MR) is 121 cm³/mol. The highest BCUT2D eigenvalue weighted by molar-refractivity contribution is 9.10. The van der Waals surface area contributed by atoms with Gasteiger partial charge in [-0.2, -0.15) is 0 Å². The van der Waals surface area contributed by atoms with Crippen LogP contribution in [0.25, 0.3) is 0 Å². The van der Waals surface area contributed by atoms with Crippen molar-refractivity contribution in [2.45, 2.75) is 36.2 Å². The van der Waals surface area contributed by atoms with Gasteiger partial charge in [0.15, 0.2) is 4.90 Å². The lowest BCUT2D eigenvalue weighted by molar-refractivity contribution is 0.0870. The van der Waals surface area contributed by atoms with E-state index in [9.17, 15) is 9.35 Å².